The van der Waals surface area contributed by atoms with E-state index < -0.39 is 0 Å². The summed E-state index contributed by atoms with van der Waals surface area (Å²) in [6, 6.07) is 6.73. The van der Waals surface area contributed by atoms with Crippen LogP contribution in [0.4, 0.5) is 0 Å². The van der Waals surface area contributed by atoms with E-state index >= 15 is 0 Å². The van der Waals surface area contributed by atoms with Gasteiger partial charge in [-0.15, -0.1) is 11.3 Å². The van der Waals surface area contributed by atoms with Crippen molar-refractivity contribution >= 4 is 11.3 Å². The summed E-state index contributed by atoms with van der Waals surface area (Å²) in [6.07, 6.45) is 1.13. The molecule has 1 unspecified atom stereocenters. The Morgan fingerprint density at radius 1 is 1.26 bits per heavy atom. The Bertz CT molecular complexity index is 545. The number of aryl methyl sites for hydroxylation is 2. The smallest absolute Gasteiger partial charge is 0.0898 e. The van der Waals surface area contributed by atoms with Gasteiger partial charge in [-0.25, -0.2) is 4.98 Å². The number of nitrogens with one attached hydrogen (secondary N) is 1. The molecule has 2 aromatic rings. The lowest BCUT2D eigenvalue weighted by atomic mass is 9.96. The van der Waals surface area contributed by atoms with Gasteiger partial charge >= 0.3 is 0 Å². The molecule has 102 valence electrons. The molecule has 0 bridgehead atoms. The van der Waals surface area contributed by atoms with E-state index in [2.05, 4.69) is 61.6 Å². The van der Waals surface area contributed by atoms with Crippen LogP contribution in [0.1, 0.15) is 46.8 Å². The van der Waals surface area contributed by atoms with Crippen LogP contribution in [0.25, 0.3) is 0 Å². The van der Waals surface area contributed by atoms with Crippen LogP contribution in [0.15, 0.2) is 23.6 Å². The van der Waals surface area contributed by atoms with Crippen LogP contribution >= 0.6 is 11.3 Å². The van der Waals surface area contributed by atoms with Crippen LogP contribution in [-0.2, 0) is 0 Å². The fraction of sp³-hybridized carbons (Fsp3) is 0.438. The van der Waals surface area contributed by atoms with Gasteiger partial charge in [0.1, 0.15) is 0 Å². The van der Waals surface area contributed by atoms with Crippen LogP contribution in [0.3, 0.4) is 0 Å². The predicted octanol–water partition coefficient (Wildman–Crippen LogP) is 4.16. The van der Waals surface area contributed by atoms with Crippen LogP contribution < -0.4 is 5.32 Å². The van der Waals surface area contributed by atoms with Gasteiger partial charge in [-0.2, -0.15) is 0 Å². The molecule has 0 fully saturated rings. The Morgan fingerprint density at radius 2 is 2.05 bits per heavy atom. The summed E-state index contributed by atoms with van der Waals surface area (Å²) >= 11 is 1.72. The van der Waals surface area contributed by atoms with Gasteiger partial charge in [-0.1, -0.05) is 25.1 Å². The second-order valence-electron chi connectivity index (χ2n) is 4.97. The number of nitrogens with zero attached hydrogens (tertiary/aromatic N) is 1. The van der Waals surface area contributed by atoms with Crippen LogP contribution in [0.2, 0.25) is 0 Å². The van der Waals surface area contributed by atoms with Gasteiger partial charge in [-0.05, 0) is 50.4 Å². The average molecular weight is 274 g/mol. The maximum absolute atomic E-state index is 4.67. The predicted molar refractivity (Wildman–Crippen MR) is 82.9 cm³/mol. The van der Waals surface area contributed by atoms with Crippen molar-refractivity contribution in [2.45, 2.75) is 40.2 Å². The molecular weight excluding hydrogens is 252 g/mol. The van der Waals surface area contributed by atoms with Crippen molar-refractivity contribution < 1.29 is 0 Å². The van der Waals surface area contributed by atoms with Gasteiger partial charge in [0.15, 0.2) is 0 Å². The second kappa shape index (κ2) is 6.31. The van der Waals surface area contributed by atoms with E-state index in [0.29, 0.717) is 0 Å². The molecule has 0 spiro atoms. The first kappa shape index (κ1) is 14.2. The van der Waals surface area contributed by atoms with Crippen molar-refractivity contribution in [1.82, 2.24) is 10.3 Å². The zero-order valence-corrected chi connectivity index (χ0v) is 13.0. The molecule has 0 saturated heterocycles. The summed E-state index contributed by atoms with van der Waals surface area (Å²) in [7, 11) is 0. The average Bonchev–Trinajstić information content (AvgIpc) is 2.81. The molecule has 0 saturated carbocycles. The monoisotopic (exact) mass is 274 g/mol. The topological polar surface area (TPSA) is 24.9 Å². The number of aromatic nitrogens is 1. The molecule has 1 aromatic carbocycles. The highest BCUT2D eigenvalue weighted by Gasteiger charge is 2.18. The summed E-state index contributed by atoms with van der Waals surface area (Å²) in [5, 5.41) is 6.93. The first-order valence-corrected chi connectivity index (χ1v) is 7.73. The maximum atomic E-state index is 4.67. The minimum absolute atomic E-state index is 0.213. The van der Waals surface area contributed by atoms with Crippen LogP contribution in [0.5, 0.6) is 0 Å². The van der Waals surface area contributed by atoms with E-state index in [-0.39, 0.29) is 6.04 Å². The summed E-state index contributed by atoms with van der Waals surface area (Å²) in [5.74, 6) is 0. The fourth-order valence-corrected chi connectivity index (χ4v) is 2.90. The first-order chi connectivity index (χ1) is 9.13. The molecular formula is C16H22N2S. The molecule has 0 aliphatic rings. The zero-order valence-electron chi connectivity index (χ0n) is 12.2. The quantitative estimate of drug-likeness (QED) is 0.885. The molecule has 0 aliphatic heterocycles. The molecule has 1 heterocycles. The van der Waals surface area contributed by atoms with Gasteiger partial charge in [0, 0.05) is 5.38 Å². The maximum Gasteiger partial charge on any atom is 0.0898 e. The highest BCUT2D eigenvalue weighted by Crippen LogP contribution is 2.27. The number of rotatable bonds is 5. The summed E-state index contributed by atoms with van der Waals surface area (Å²) in [4.78, 5) is 4.67. The Labute approximate surface area is 119 Å². The van der Waals surface area contributed by atoms with Crippen molar-refractivity contribution in [3.8, 4) is 0 Å². The lowest BCUT2D eigenvalue weighted by Gasteiger charge is -2.20. The minimum atomic E-state index is 0.213. The normalized spacial score (nSPS) is 12.6. The third kappa shape index (κ3) is 3.23. The summed E-state index contributed by atoms with van der Waals surface area (Å²) < 4.78 is 0. The number of hydrogen-bond acceptors (Lipinski definition) is 3. The largest absolute Gasteiger partial charge is 0.305 e. The molecule has 2 nitrogen and oxygen atoms in total. The molecule has 2 rings (SSSR count). The van der Waals surface area contributed by atoms with E-state index in [4.69, 9.17) is 0 Å². The van der Waals surface area contributed by atoms with Crippen molar-refractivity contribution in [3.63, 3.8) is 0 Å². The second-order valence-corrected chi connectivity index (χ2v) is 6.03. The Balaban J connectivity index is 2.39. The highest BCUT2D eigenvalue weighted by atomic mass is 32.1. The van der Waals surface area contributed by atoms with E-state index in [1.807, 2.05) is 0 Å². The minimum Gasteiger partial charge on any atom is -0.305 e. The summed E-state index contributed by atoms with van der Waals surface area (Å²) in [6.45, 7) is 9.63. The number of thiazole rings is 1. The van der Waals surface area contributed by atoms with Crippen molar-refractivity contribution in [3.05, 3.63) is 51.0 Å². The first-order valence-electron chi connectivity index (χ1n) is 6.85. The van der Waals surface area contributed by atoms with Gasteiger partial charge < -0.3 is 5.32 Å². The van der Waals surface area contributed by atoms with Crippen molar-refractivity contribution in [2.24, 2.45) is 0 Å². The molecule has 1 aromatic heterocycles. The lowest BCUT2D eigenvalue weighted by molar-refractivity contribution is 0.585. The molecule has 19 heavy (non-hydrogen) atoms. The lowest BCUT2D eigenvalue weighted by Crippen LogP contribution is -2.24. The van der Waals surface area contributed by atoms with E-state index in [1.54, 1.807) is 11.3 Å². The van der Waals surface area contributed by atoms with Gasteiger partial charge in [0.2, 0.25) is 0 Å². The molecule has 1 atom stereocenters. The van der Waals surface area contributed by atoms with E-state index in [9.17, 15) is 0 Å². The third-order valence-electron chi connectivity index (χ3n) is 3.49. The molecule has 0 radical (unpaired) electrons. The fourth-order valence-electron chi connectivity index (χ4n) is 2.26. The molecule has 1 N–H and O–H groups in total. The molecule has 0 amide bonds. The summed E-state index contributed by atoms with van der Waals surface area (Å²) in [5.41, 5.74) is 5.19. The standard InChI is InChI=1S/C16H22N2S/c1-5-9-17-16(15-10-19-13(4)18-15)14-8-6-7-11(2)12(14)3/h6-8,10,16-17H,5,9H2,1-4H3. The Hall–Kier alpha value is -1.19. The van der Waals surface area contributed by atoms with E-state index in [1.165, 1.54) is 16.7 Å². The van der Waals surface area contributed by atoms with Crippen molar-refractivity contribution in [1.29, 1.82) is 0 Å². The Kier molecular flexibility index (Phi) is 4.72. The zero-order chi connectivity index (χ0) is 13.8. The van der Waals surface area contributed by atoms with Gasteiger partial charge in [0.05, 0.1) is 16.7 Å². The van der Waals surface area contributed by atoms with Crippen LogP contribution in [-0.4, -0.2) is 11.5 Å². The molecule has 3 heteroatoms. The van der Waals surface area contributed by atoms with Gasteiger partial charge in [-0.3, -0.25) is 0 Å². The SMILES string of the molecule is CCCNC(c1csc(C)n1)c1cccc(C)c1C. The highest BCUT2D eigenvalue weighted by molar-refractivity contribution is 7.09. The number of hydrogen-bond donors (Lipinski definition) is 1. The van der Waals surface area contributed by atoms with E-state index in [0.717, 1.165) is 23.7 Å². The van der Waals surface area contributed by atoms with Gasteiger partial charge in [0.25, 0.3) is 0 Å². The van der Waals surface area contributed by atoms with Crippen molar-refractivity contribution in [2.75, 3.05) is 6.54 Å². The molecule has 0 aliphatic carbocycles. The van der Waals surface area contributed by atoms with Crippen LogP contribution in [0, 0.1) is 20.8 Å². The third-order valence-corrected chi connectivity index (χ3v) is 4.28. The Morgan fingerprint density at radius 3 is 2.68 bits per heavy atom. The number of benzene rings is 1.